The largest absolute Gasteiger partial charge is 0.489 e. The normalized spacial score (nSPS) is 11.8. The lowest BCUT2D eigenvalue weighted by Gasteiger charge is -2.16. The Morgan fingerprint density at radius 3 is 2.50 bits per heavy atom. The summed E-state index contributed by atoms with van der Waals surface area (Å²) in [5.41, 5.74) is 2.03. The number of ether oxygens (including phenoxy) is 1. The van der Waals surface area contributed by atoms with Gasteiger partial charge < -0.3 is 15.4 Å². The number of hydrogen-bond acceptors (Lipinski definition) is 8. The van der Waals surface area contributed by atoms with Crippen LogP contribution in [0.1, 0.15) is 33.3 Å². The average molecular weight is 479 g/mol. The number of nitrogens with zero attached hydrogens (tertiary/aromatic N) is 4. The SMILES string of the molecule is Cc1ccc(OC(C)C)c(Nc2ncc(Cl)c(Nc3cn(C)nc3S(=O)(=O)C(C)C)n2)c1. The Labute approximate surface area is 193 Å². The molecule has 0 amide bonds. The molecule has 11 heteroatoms. The second-order valence-corrected chi connectivity index (χ2v) is 10.7. The Morgan fingerprint density at radius 2 is 1.84 bits per heavy atom. The van der Waals surface area contributed by atoms with E-state index in [1.54, 1.807) is 27.1 Å². The second kappa shape index (κ2) is 9.33. The molecular formula is C21H27ClN6O3S. The van der Waals surface area contributed by atoms with E-state index in [1.165, 1.54) is 10.9 Å². The maximum atomic E-state index is 12.7. The smallest absolute Gasteiger partial charge is 0.229 e. The summed E-state index contributed by atoms with van der Waals surface area (Å²) in [6.07, 6.45) is 2.99. The Balaban J connectivity index is 1.95. The van der Waals surface area contributed by atoms with Crippen molar-refractivity contribution >= 4 is 44.6 Å². The maximum absolute atomic E-state index is 12.7. The summed E-state index contributed by atoms with van der Waals surface area (Å²) in [4.78, 5) is 8.68. The molecular weight excluding hydrogens is 452 g/mol. The number of nitrogens with one attached hydrogen (secondary N) is 2. The quantitative estimate of drug-likeness (QED) is 0.482. The van der Waals surface area contributed by atoms with Crippen molar-refractivity contribution in [2.75, 3.05) is 10.6 Å². The van der Waals surface area contributed by atoms with Crippen molar-refractivity contribution in [1.82, 2.24) is 19.7 Å². The molecule has 0 unspecified atom stereocenters. The minimum Gasteiger partial charge on any atom is -0.489 e. The zero-order chi connectivity index (χ0) is 23.6. The standard InChI is InChI=1S/C21H27ClN6O3S/c1-12(2)31-18-8-7-14(5)9-16(18)25-21-23-10-15(22)19(26-21)24-17-11-28(6)27-20(17)32(29,30)13(3)4/h7-13H,1-6H3,(H2,23,24,25,26). The summed E-state index contributed by atoms with van der Waals surface area (Å²) in [7, 11) is -1.97. The first-order valence-electron chi connectivity index (χ1n) is 10.1. The van der Waals surface area contributed by atoms with E-state index in [4.69, 9.17) is 16.3 Å². The van der Waals surface area contributed by atoms with Crippen molar-refractivity contribution < 1.29 is 13.2 Å². The van der Waals surface area contributed by atoms with Crippen molar-refractivity contribution in [2.45, 2.75) is 51.0 Å². The summed E-state index contributed by atoms with van der Waals surface area (Å²) < 4.78 is 32.7. The fourth-order valence-electron chi connectivity index (χ4n) is 2.85. The van der Waals surface area contributed by atoms with Gasteiger partial charge in [0.25, 0.3) is 0 Å². The van der Waals surface area contributed by atoms with Crippen molar-refractivity contribution in [3.63, 3.8) is 0 Å². The molecule has 2 N–H and O–H groups in total. The molecule has 9 nitrogen and oxygen atoms in total. The Hall–Kier alpha value is -2.85. The minimum atomic E-state index is -3.61. The summed E-state index contributed by atoms with van der Waals surface area (Å²) in [6, 6.07) is 5.76. The lowest BCUT2D eigenvalue weighted by Crippen LogP contribution is -2.16. The van der Waals surface area contributed by atoms with Crippen LogP contribution < -0.4 is 15.4 Å². The summed E-state index contributed by atoms with van der Waals surface area (Å²) in [5, 5.41) is 9.80. The molecule has 0 saturated carbocycles. The highest BCUT2D eigenvalue weighted by Gasteiger charge is 2.27. The summed E-state index contributed by atoms with van der Waals surface area (Å²) >= 11 is 6.29. The fourth-order valence-corrected chi connectivity index (χ4v) is 4.09. The predicted octanol–water partition coefficient (Wildman–Crippen LogP) is 4.63. The zero-order valence-corrected chi connectivity index (χ0v) is 20.4. The van der Waals surface area contributed by atoms with Gasteiger partial charge in [-0.15, -0.1) is 0 Å². The number of aromatic nitrogens is 4. The first-order valence-corrected chi connectivity index (χ1v) is 12.0. The molecule has 172 valence electrons. The van der Waals surface area contributed by atoms with Crippen LogP contribution in [0.5, 0.6) is 5.75 Å². The number of hydrogen-bond donors (Lipinski definition) is 2. The van der Waals surface area contributed by atoms with Gasteiger partial charge in [-0.1, -0.05) is 17.7 Å². The molecule has 3 rings (SSSR count). The topological polar surface area (TPSA) is 111 Å². The first-order chi connectivity index (χ1) is 15.0. The van der Waals surface area contributed by atoms with Crippen LogP contribution in [0.15, 0.2) is 35.6 Å². The molecule has 0 saturated heterocycles. The van der Waals surface area contributed by atoms with Crippen LogP contribution in [0.4, 0.5) is 23.1 Å². The van der Waals surface area contributed by atoms with Gasteiger partial charge in [0.2, 0.25) is 20.8 Å². The molecule has 2 aromatic heterocycles. The van der Waals surface area contributed by atoms with E-state index >= 15 is 0 Å². The van der Waals surface area contributed by atoms with E-state index in [-0.39, 0.29) is 33.6 Å². The second-order valence-electron chi connectivity index (χ2n) is 7.92. The lowest BCUT2D eigenvalue weighted by molar-refractivity contribution is 0.243. The number of anilines is 4. The molecule has 0 fully saturated rings. The van der Waals surface area contributed by atoms with Crippen LogP contribution >= 0.6 is 11.6 Å². The van der Waals surface area contributed by atoms with Gasteiger partial charge in [-0.2, -0.15) is 10.1 Å². The van der Waals surface area contributed by atoms with Gasteiger partial charge in [0.1, 0.15) is 10.8 Å². The van der Waals surface area contributed by atoms with Crippen LogP contribution in [-0.2, 0) is 16.9 Å². The number of aryl methyl sites for hydroxylation is 2. The Morgan fingerprint density at radius 1 is 1.12 bits per heavy atom. The van der Waals surface area contributed by atoms with E-state index in [0.717, 1.165) is 5.56 Å². The van der Waals surface area contributed by atoms with E-state index in [9.17, 15) is 8.42 Å². The lowest BCUT2D eigenvalue weighted by atomic mass is 10.2. The molecule has 0 aliphatic carbocycles. The molecule has 3 aromatic rings. The van der Waals surface area contributed by atoms with Crippen molar-refractivity contribution in [3.8, 4) is 5.75 Å². The monoisotopic (exact) mass is 478 g/mol. The van der Waals surface area contributed by atoms with E-state index in [2.05, 4.69) is 25.7 Å². The average Bonchev–Trinajstić information content (AvgIpc) is 3.07. The van der Waals surface area contributed by atoms with Gasteiger partial charge >= 0.3 is 0 Å². The van der Waals surface area contributed by atoms with Gasteiger partial charge in [0.15, 0.2) is 5.82 Å². The van der Waals surface area contributed by atoms with E-state index in [0.29, 0.717) is 11.4 Å². The molecule has 0 spiro atoms. The molecule has 0 aliphatic heterocycles. The van der Waals surface area contributed by atoms with Crippen LogP contribution in [0.25, 0.3) is 0 Å². The fraction of sp³-hybridized carbons (Fsp3) is 0.381. The van der Waals surface area contributed by atoms with Crippen LogP contribution in [0.2, 0.25) is 5.02 Å². The van der Waals surface area contributed by atoms with Crippen molar-refractivity contribution in [2.24, 2.45) is 7.05 Å². The van der Waals surface area contributed by atoms with Crippen LogP contribution in [0, 0.1) is 6.92 Å². The number of sulfone groups is 1. The van der Waals surface area contributed by atoms with Gasteiger partial charge in [-0.25, -0.2) is 13.4 Å². The highest BCUT2D eigenvalue weighted by Crippen LogP contribution is 2.32. The maximum Gasteiger partial charge on any atom is 0.229 e. The van der Waals surface area contributed by atoms with E-state index in [1.807, 2.05) is 39.0 Å². The van der Waals surface area contributed by atoms with Crippen molar-refractivity contribution in [1.29, 1.82) is 0 Å². The van der Waals surface area contributed by atoms with Crippen molar-refractivity contribution in [3.05, 3.63) is 41.2 Å². The summed E-state index contributed by atoms with van der Waals surface area (Å²) in [5.74, 6) is 1.18. The highest BCUT2D eigenvalue weighted by molar-refractivity contribution is 7.92. The van der Waals surface area contributed by atoms with E-state index < -0.39 is 15.1 Å². The third-order valence-corrected chi connectivity index (χ3v) is 6.78. The molecule has 0 bridgehead atoms. The molecule has 1 aromatic carbocycles. The summed E-state index contributed by atoms with van der Waals surface area (Å²) in [6.45, 7) is 9.07. The molecule has 2 heterocycles. The van der Waals surface area contributed by atoms with Gasteiger partial charge in [-0.3, -0.25) is 4.68 Å². The minimum absolute atomic E-state index is 0.00599. The Kier molecular flexibility index (Phi) is 6.94. The third-order valence-electron chi connectivity index (χ3n) is 4.43. The van der Waals surface area contributed by atoms with Gasteiger partial charge in [0, 0.05) is 13.2 Å². The molecule has 0 atom stereocenters. The van der Waals surface area contributed by atoms with Crippen LogP contribution in [0.3, 0.4) is 0 Å². The third kappa shape index (κ3) is 5.31. The number of halogens is 1. The molecule has 0 aliphatic rings. The highest BCUT2D eigenvalue weighted by atomic mass is 35.5. The molecule has 32 heavy (non-hydrogen) atoms. The van der Waals surface area contributed by atoms with Gasteiger partial charge in [-0.05, 0) is 52.3 Å². The number of benzene rings is 1. The number of rotatable bonds is 8. The first kappa shape index (κ1) is 23.8. The Bertz CT molecular complexity index is 1220. The van der Waals surface area contributed by atoms with Gasteiger partial charge in [0.05, 0.1) is 28.9 Å². The van der Waals surface area contributed by atoms with Crippen LogP contribution in [-0.4, -0.2) is 39.5 Å². The molecule has 0 radical (unpaired) electrons. The predicted molar refractivity (Wildman–Crippen MR) is 126 cm³/mol. The zero-order valence-electron chi connectivity index (χ0n) is 18.8.